The van der Waals surface area contributed by atoms with Gasteiger partial charge in [-0.2, -0.15) is 0 Å². The van der Waals surface area contributed by atoms with Gasteiger partial charge in [-0.3, -0.25) is 20.2 Å². The van der Waals surface area contributed by atoms with Crippen molar-refractivity contribution in [3.05, 3.63) is 62.7 Å². The van der Waals surface area contributed by atoms with Gasteiger partial charge in [0.15, 0.2) is 0 Å². The molecular formula is C16H15Cl2N3O4S. The third-order valence-corrected chi connectivity index (χ3v) is 4.90. The van der Waals surface area contributed by atoms with Gasteiger partial charge in [-0.1, -0.05) is 11.8 Å². The zero-order chi connectivity index (χ0) is 19.1. The Morgan fingerprint density at radius 1 is 0.923 bits per heavy atom. The van der Waals surface area contributed by atoms with Crippen molar-refractivity contribution in [3.8, 4) is 0 Å². The fourth-order valence-electron chi connectivity index (χ4n) is 2.27. The van der Waals surface area contributed by atoms with Crippen LogP contribution in [0.5, 0.6) is 0 Å². The van der Waals surface area contributed by atoms with Gasteiger partial charge in [0.2, 0.25) is 0 Å². The summed E-state index contributed by atoms with van der Waals surface area (Å²) in [6.07, 6.45) is 0. The first-order chi connectivity index (χ1) is 12.5. The SMILES string of the molecule is O=[N+]([O-])c1ccc(Sc2ccc(N(CCCl)CCCl)cc2)c([N+](=O)[O-])c1. The van der Waals surface area contributed by atoms with Crippen molar-refractivity contribution < 1.29 is 9.85 Å². The van der Waals surface area contributed by atoms with Gasteiger partial charge in [-0.05, 0) is 30.3 Å². The fourth-order valence-corrected chi connectivity index (χ4v) is 3.58. The summed E-state index contributed by atoms with van der Waals surface area (Å²) in [5, 5.41) is 22.0. The number of anilines is 1. The molecule has 0 heterocycles. The minimum Gasteiger partial charge on any atom is -0.369 e. The van der Waals surface area contributed by atoms with Crippen LogP contribution >= 0.6 is 35.0 Å². The van der Waals surface area contributed by atoms with E-state index in [1.165, 1.54) is 23.9 Å². The van der Waals surface area contributed by atoms with E-state index in [9.17, 15) is 20.2 Å². The zero-order valence-electron chi connectivity index (χ0n) is 13.5. The third kappa shape index (κ3) is 5.23. The van der Waals surface area contributed by atoms with E-state index in [1.54, 1.807) is 0 Å². The third-order valence-electron chi connectivity index (χ3n) is 3.49. The number of rotatable bonds is 9. The molecule has 10 heteroatoms. The molecule has 0 aliphatic heterocycles. The van der Waals surface area contributed by atoms with Crippen LogP contribution in [0.2, 0.25) is 0 Å². The largest absolute Gasteiger partial charge is 0.369 e. The van der Waals surface area contributed by atoms with Crippen LogP contribution in [0.3, 0.4) is 0 Å². The summed E-state index contributed by atoms with van der Waals surface area (Å²) in [5.41, 5.74) is 0.349. The van der Waals surface area contributed by atoms with Crippen molar-refractivity contribution in [2.24, 2.45) is 0 Å². The molecule has 0 N–H and O–H groups in total. The molecule has 7 nitrogen and oxygen atoms in total. The van der Waals surface area contributed by atoms with E-state index in [0.29, 0.717) is 29.7 Å². The maximum atomic E-state index is 11.2. The van der Waals surface area contributed by atoms with Gasteiger partial charge < -0.3 is 4.90 Å². The number of alkyl halides is 2. The van der Waals surface area contributed by atoms with Gasteiger partial charge in [0.1, 0.15) is 0 Å². The van der Waals surface area contributed by atoms with Crippen molar-refractivity contribution >= 4 is 52.0 Å². The van der Waals surface area contributed by atoms with Crippen molar-refractivity contribution in [1.82, 2.24) is 0 Å². The van der Waals surface area contributed by atoms with E-state index in [2.05, 4.69) is 0 Å². The summed E-state index contributed by atoms with van der Waals surface area (Å²) in [6.45, 7) is 1.32. The van der Waals surface area contributed by atoms with Gasteiger partial charge in [0, 0.05) is 41.5 Å². The van der Waals surface area contributed by atoms with E-state index in [1.807, 2.05) is 29.2 Å². The molecular weight excluding hydrogens is 401 g/mol. The van der Waals surface area contributed by atoms with E-state index >= 15 is 0 Å². The molecule has 0 aliphatic rings. The summed E-state index contributed by atoms with van der Waals surface area (Å²) >= 11 is 12.8. The highest BCUT2D eigenvalue weighted by atomic mass is 35.5. The molecule has 0 unspecified atom stereocenters. The highest BCUT2D eigenvalue weighted by molar-refractivity contribution is 7.99. The zero-order valence-corrected chi connectivity index (χ0v) is 15.8. The Morgan fingerprint density at radius 2 is 1.54 bits per heavy atom. The number of non-ortho nitro benzene ring substituents is 1. The smallest absolute Gasteiger partial charge is 0.290 e. The number of nitro groups is 2. The maximum absolute atomic E-state index is 11.2. The van der Waals surface area contributed by atoms with Gasteiger partial charge in [-0.15, -0.1) is 23.2 Å². The molecule has 0 saturated heterocycles. The summed E-state index contributed by atoms with van der Waals surface area (Å²) in [4.78, 5) is 23.9. The molecule has 138 valence electrons. The predicted octanol–water partition coefficient (Wildman–Crippen LogP) is 4.94. The second-order valence-electron chi connectivity index (χ2n) is 5.13. The molecule has 0 atom stereocenters. The molecule has 0 amide bonds. The predicted molar refractivity (Wildman–Crippen MR) is 104 cm³/mol. The molecule has 0 spiro atoms. The van der Waals surface area contributed by atoms with E-state index in [0.717, 1.165) is 16.6 Å². The molecule has 0 radical (unpaired) electrons. The summed E-state index contributed by atoms with van der Waals surface area (Å²) < 4.78 is 0. The van der Waals surface area contributed by atoms with Crippen LogP contribution in [0.4, 0.5) is 17.1 Å². The van der Waals surface area contributed by atoms with E-state index in [4.69, 9.17) is 23.2 Å². The first kappa shape index (κ1) is 20.3. The number of hydrogen-bond donors (Lipinski definition) is 0. The summed E-state index contributed by atoms with van der Waals surface area (Å²) in [5.74, 6) is 0.949. The lowest BCUT2D eigenvalue weighted by Gasteiger charge is -2.22. The first-order valence-corrected chi connectivity index (χ1v) is 9.42. The average molecular weight is 416 g/mol. The number of halogens is 2. The Kier molecular flexibility index (Phi) is 7.50. The molecule has 2 rings (SSSR count). The van der Waals surface area contributed by atoms with Crippen LogP contribution in [-0.2, 0) is 0 Å². The lowest BCUT2D eigenvalue weighted by molar-refractivity contribution is -0.396. The van der Waals surface area contributed by atoms with Gasteiger partial charge in [0.25, 0.3) is 11.4 Å². The number of nitro benzene ring substituents is 2. The molecule has 0 fully saturated rings. The van der Waals surface area contributed by atoms with Crippen molar-refractivity contribution in [3.63, 3.8) is 0 Å². The summed E-state index contributed by atoms with van der Waals surface area (Å²) in [7, 11) is 0. The molecule has 2 aromatic carbocycles. The summed E-state index contributed by atoms with van der Waals surface area (Å²) in [6, 6.07) is 11.1. The van der Waals surface area contributed by atoms with Crippen LogP contribution < -0.4 is 4.90 Å². The normalized spacial score (nSPS) is 10.5. The monoisotopic (exact) mass is 415 g/mol. The fraction of sp³-hybridized carbons (Fsp3) is 0.250. The molecule has 2 aromatic rings. The van der Waals surface area contributed by atoms with Crippen LogP contribution in [0.15, 0.2) is 52.3 Å². The number of benzene rings is 2. The van der Waals surface area contributed by atoms with Crippen LogP contribution in [0, 0.1) is 20.2 Å². The Morgan fingerprint density at radius 3 is 2.04 bits per heavy atom. The van der Waals surface area contributed by atoms with E-state index in [-0.39, 0.29) is 11.4 Å². The molecule has 0 saturated carbocycles. The second kappa shape index (κ2) is 9.61. The Hall–Kier alpha value is -2.03. The highest BCUT2D eigenvalue weighted by Gasteiger charge is 2.20. The number of hydrogen-bond acceptors (Lipinski definition) is 6. The minimum atomic E-state index is -0.654. The Bertz CT molecular complexity index is 784. The Balaban J connectivity index is 2.23. The first-order valence-electron chi connectivity index (χ1n) is 7.54. The van der Waals surface area contributed by atoms with Crippen molar-refractivity contribution in [2.75, 3.05) is 29.7 Å². The van der Waals surface area contributed by atoms with E-state index < -0.39 is 9.85 Å². The minimum absolute atomic E-state index is 0.292. The lowest BCUT2D eigenvalue weighted by Crippen LogP contribution is -2.27. The van der Waals surface area contributed by atoms with Gasteiger partial charge in [-0.25, -0.2) is 0 Å². The second-order valence-corrected chi connectivity index (χ2v) is 7.00. The lowest BCUT2D eigenvalue weighted by atomic mass is 10.3. The van der Waals surface area contributed by atoms with Crippen molar-refractivity contribution in [2.45, 2.75) is 9.79 Å². The van der Waals surface area contributed by atoms with Crippen LogP contribution in [0.1, 0.15) is 0 Å². The van der Waals surface area contributed by atoms with Crippen LogP contribution in [-0.4, -0.2) is 34.7 Å². The number of nitrogens with zero attached hydrogens (tertiary/aromatic N) is 3. The van der Waals surface area contributed by atoms with Gasteiger partial charge in [0.05, 0.1) is 20.8 Å². The highest BCUT2D eigenvalue weighted by Crippen LogP contribution is 2.37. The molecule has 0 bridgehead atoms. The van der Waals surface area contributed by atoms with Crippen molar-refractivity contribution in [1.29, 1.82) is 0 Å². The quantitative estimate of drug-likeness (QED) is 0.327. The molecule has 26 heavy (non-hydrogen) atoms. The Labute approximate surface area is 164 Å². The molecule has 0 aliphatic carbocycles. The van der Waals surface area contributed by atoms with Gasteiger partial charge >= 0.3 is 0 Å². The molecule has 0 aromatic heterocycles. The van der Waals surface area contributed by atoms with Crippen LogP contribution in [0.25, 0.3) is 0 Å². The standard InChI is InChI=1S/C16H15Cl2N3O4S/c17-7-9-19(10-8-18)12-1-4-14(5-2-12)26-16-6-3-13(20(22)23)11-15(16)21(24)25/h1-6,11H,7-10H2. The maximum Gasteiger partial charge on any atom is 0.290 e. The average Bonchev–Trinajstić information content (AvgIpc) is 2.62. The topological polar surface area (TPSA) is 89.5 Å².